The Morgan fingerprint density at radius 2 is 1.73 bits per heavy atom. The van der Waals surface area contributed by atoms with E-state index >= 15 is 0 Å². The molecule has 0 saturated carbocycles. The zero-order valence-electron chi connectivity index (χ0n) is 18.9. The highest BCUT2D eigenvalue weighted by atomic mass is 16.5. The number of nitrogens with zero attached hydrogens (tertiary/aromatic N) is 3. The Morgan fingerprint density at radius 3 is 2.40 bits per heavy atom. The van der Waals surface area contributed by atoms with Crippen molar-refractivity contribution < 1.29 is 19.3 Å². The summed E-state index contributed by atoms with van der Waals surface area (Å²) in [6, 6.07) is 6.13. The van der Waals surface area contributed by atoms with Crippen LogP contribution in [0.3, 0.4) is 0 Å². The topological polar surface area (TPSA) is 57.6 Å². The summed E-state index contributed by atoms with van der Waals surface area (Å²) in [5.41, 5.74) is 1.21. The molecular weight excluding hydrogens is 382 g/mol. The number of aliphatic hydroxyl groups is 1. The van der Waals surface area contributed by atoms with Gasteiger partial charge in [-0.05, 0) is 56.6 Å². The highest BCUT2D eigenvalue weighted by Crippen LogP contribution is 2.29. The van der Waals surface area contributed by atoms with Crippen molar-refractivity contribution >= 4 is 0 Å². The predicted molar refractivity (Wildman–Crippen MR) is 118 cm³/mol. The molecule has 2 aliphatic heterocycles. The molecule has 0 bridgehead atoms. The molecular formula is C23H39N3O4. The minimum Gasteiger partial charge on any atom is -0.493 e. The van der Waals surface area contributed by atoms with Crippen LogP contribution in [-0.2, 0) is 11.3 Å². The van der Waals surface area contributed by atoms with Crippen molar-refractivity contribution in [3.8, 4) is 11.5 Å². The van der Waals surface area contributed by atoms with Crippen molar-refractivity contribution in [2.24, 2.45) is 5.92 Å². The van der Waals surface area contributed by atoms with Crippen LogP contribution in [0.15, 0.2) is 18.2 Å². The number of hydrogen-bond acceptors (Lipinski definition) is 7. The normalized spacial score (nSPS) is 20.9. The molecule has 3 rings (SSSR count). The molecule has 1 aromatic carbocycles. The van der Waals surface area contributed by atoms with Crippen LogP contribution in [0.25, 0.3) is 0 Å². The lowest BCUT2D eigenvalue weighted by atomic mass is 9.97. The number of hydrogen-bond donors (Lipinski definition) is 1. The molecule has 2 saturated heterocycles. The third kappa shape index (κ3) is 7.10. The summed E-state index contributed by atoms with van der Waals surface area (Å²) < 4.78 is 16.8. The Morgan fingerprint density at radius 1 is 1.00 bits per heavy atom. The van der Waals surface area contributed by atoms with Gasteiger partial charge in [-0.25, -0.2) is 0 Å². The first-order valence-corrected chi connectivity index (χ1v) is 11.2. The fourth-order valence-electron chi connectivity index (χ4n) is 4.30. The van der Waals surface area contributed by atoms with Crippen LogP contribution in [0.2, 0.25) is 0 Å². The van der Waals surface area contributed by atoms with E-state index in [1.807, 2.05) is 6.07 Å². The summed E-state index contributed by atoms with van der Waals surface area (Å²) in [6.45, 7) is 8.97. The highest BCUT2D eigenvalue weighted by Gasteiger charge is 2.20. The van der Waals surface area contributed by atoms with Gasteiger partial charge in [0.1, 0.15) is 12.7 Å². The lowest BCUT2D eigenvalue weighted by Crippen LogP contribution is -2.47. The van der Waals surface area contributed by atoms with Gasteiger partial charge in [0.2, 0.25) is 0 Å². The van der Waals surface area contributed by atoms with Crippen molar-refractivity contribution in [2.75, 3.05) is 80.3 Å². The van der Waals surface area contributed by atoms with Crippen LogP contribution in [-0.4, -0.2) is 106 Å². The van der Waals surface area contributed by atoms with Crippen molar-refractivity contribution in [3.05, 3.63) is 23.8 Å². The molecule has 0 radical (unpaired) electrons. The van der Waals surface area contributed by atoms with Gasteiger partial charge in [-0.3, -0.25) is 9.80 Å². The zero-order valence-corrected chi connectivity index (χ0v) is 18.9. The lowest BCUT2D eigenvalue weighted by molar-refractivity contribution is 0.0497. The summed E-state index contributed by atoms with van der Waals surface area (Å²) in [7, 11) is 5.58. The van der Waals surface area contributed by atoms with E-state index in [2.05, 4.69) is 33.9 Å². The van der Waals surface area contributed by atoms with Gasteiger partial charge in [-0.15, -0.1) is 0 Å². The molecule has 7 nitrogen and oxygen atoms in total. The molecule has 0 unspecified atom stereocenters. The maximum absolute atomic E-state index is 10.5. The predicted octanol–water partition coefficient (Wildman–Crippen LogP) is 1.54. The summed E-state index contributed by atoms with van der Waals surface area (Å²) in [5.74, 6) is 2.11. The average Bonchev–Trinajstić information content (AvgIpc) is 2.76. The summed E-state index contributed by atoms with van der Waals surface area (Å²) >= 11 is 0. The van der Waals surface area contributed by atoms with Crippen LogP contribution >= 0.6 is 0 Å². The van der Waals surface area contributed by atoms with Gasteiger partial charge < -0.3 is 24.2 Å². The largest absolute Gasteiger partial charge is 0.493 e. The van der Waals surface area contributed by atoms with Gasteiger partial charge in [0.05, 0.1) is 7.11 Å². The number of likely N-dealkylation sites (N-methyl/N-ethyl adjacent to an activating group) is 1. The maximum atomic E-state index is 10.5. The lowest BCUT2D eigenvalue weighted by Gasteiger charge is -2.33. The Bertz CT molecular complexity index is 629. The van der Waals surface area contributed by atoms with E-state index in [9.17, 15) is 5.11 Å². The van der Waals surface area contributed by atoms with E-state index in [0.29, 0.717) is 24.0 Å². The first kappa shape index (κ1) is 23.3. The molecule has 7 heteroatoms. The third-order valence-corrected chi connectivity index (χ3v) is 6.24. The van der Waals surface area contributed by atoms with Crippen molar-refractivity contribution in [2.45, 2.75) is 25.5 Å². The Hall–Kier alpha value is -1.38. The number of likely N-dealkylation sites (tertiary alicyclic amines) is 1. The second kappa shape index (κ2) is 11.9. The standard InChI is InChI=1S/C23H39N3O4/c1-24-10-12-26(13-11-24)16-21(27)18-30-23-14-20(4-5-22(23)29-3)15-25-8-6-19(7-9-25)17-28-2/h4-5,14,19,21,27H,6-13,15-18H2,1-3H3/t21-/m1/s1. The van der Waals surface area contributed by atoms with Gasteiger partial charge >= 0.3 is 0 Å². The molecule has 0 amide bonds. The minimum absolute atomic E-state index is 0.272. The van der Waals surface area contributed by atoms with Gasteiger partial charge in [-0.1, -0.05) is 6.07 Å². The molecule has 1 aromatic rings. The van der Waals surface area contributed by atoms with E-state index in [1.54, 1.807) is 14.2 Å². The Kier molecular flexibility index (Phi) is 9.21. The molecule has 0 spiro atoms. The zero-order chi connectivity index (χ0) is 21.3. The van der Waals surface area contributed by atoms with E-state index in [0.717, 1.165) is 52.4 Å². The summed E-state index contributed by atoms with van der Waals surface area (Å²) in [6.07, 6.45) is 1.86. The van der Waals surface area contributed by atoms with Gasteiger partial charge in [0.15, 0.2) is 11.5 Å². The number of piperazine rings is 1. The molecule has 2 aliphatic rings. The average molecular weight is 422 g/mol. The van der Waals surface area contributed by atoms with Crippen LogP contribution in [0.4, 0.5) is 0 Å². The van der Waals surface area contributed by atoms with E-state index in [4.69, 9.17) is 14.2 Å². The van der Waals surface area contributed by atoms with Gasteiger partial charge in [0.25, 0.3) is 0 Å². The van der Waals surface area contributed by atoms with Crippen LogP contribution in [0.5, 0.6) is 11.5 Å². The fraction of sp³-hybridized carbons (Fsp3) is 0.739. The number of aliphatic hydroxyl groups excluding tert-OH is 1. The van der Waals surface area contributed by atoms with Crippen molar-refractivity contribution in [3.63, 3.8) is 0 Å². The van der Waals surface area contributed by atoms with E-state index in [1.165, 1.54) is 18.4 Å². The molecule has 0 aromatic heterocycles. The van der Waals surface area contributed by atoms with Crippen LogP contribution in [0, 0.1) is 5.92 Å². The summed E-state index contributed by atoms with van der Waals surface area (Å²) in [5, 5.41) is 10.5. The third-order valence-electron chi connectivity index (χ3n) is 6.24. The first-order valence-electron chi connectivity index (χ1n) is 11.2. The van der Waals surface area contributed by atoms with E-state index < -0.39 is 6.10 Å². The minimum atomic E-state index is -0.512. The molecule has 1 atom stereocenters. The molecule has 1 N–H and O–H groups in total. The van der Waals surface area contributed by atoms with Crippen molar-refractivity contribution in [1.82, 2.24) is 14.7 Å². The number of benzene rings is 1. The monoisotopic (exact) mass is 421 g/mol. The molecule has 0 aliphatic carbocycles. The van der Waals surface area contributed by atoms with Crippen molar-refractivity contribution in [1.29, 1.82) is 0 Å². The maximum Gasteiger partial charge on any atom is 0.161 e. The first-order chi connectivity index (χ1) is 14.6. The fourth-order valence-corrected chi connectivity index (χ4v) is 4.30. The number of ether oxygens (including phenoxy) is 3. The Balaban J connectivity index is 1.49. The smallest absolute Gasteiger partial charge is 0.161 e. The highest BCUT2D eigenvalue weighted by molar-refractivity contribution is 5.43. The quantitative estimate of drug-likeness (QED) is 0.615. The molecule has 2 heterocycles. The van der Waals surface area contributed by atoms with E-state index in [-0.39, 0.29) is 6.61 Å². The SMILES string of the molecule is COCC1CCN(Cc2ccc(OC)c(OC[C@H](O)CN3CCN(C)CC3)c2)CC1. The molecule has 170 valence electrons. The second-order valence-electron chi connectivity index (χ2n) is 8.73. The van der Waals surface area contributed by atoms with Crippen LogP contribution in [0.1, 0.15) is 18.4 Å². The number of rotatable bonds is 10. The van der Waals surface area contributed by atoms with Gasteiger partial charge in [-0.2, -0.15) is 0 Å². The second-order valence-corrected chi connectivity index (χ2v) is 8.73. The number of methoxy groups -OCH3 is 2. The molecule has 30 heavy (non-hydrogen) atoms. The molecule has 2 fully saturated rings. The van der Waals surface area contributed by atoms with Gasteiger partial charge in [0, 0.05) is 53.0 Å². The Labute approximate surface area is 181 Å². The number of piperidine rings is 1. The van der Waals surface area contributed by atoms with Crippen LogP contribution < -0.4 is 9.47 Å². The summed E-state index contributed by atoms with van der Waals surface area (Å²) in [4.78, 5) is 7.10. The number of β-amino-alcohol motifs (C(OH)–C–C–N with tert-alkyl or cyclic N) is 1.